The van der Waals surface area contributed by atoms with Crippen molar-refractivity contribution in [3.63, 3.8) is 0 Å². The van der Waals surface area contributed by atoms with Crippen molar-refractivity contribution in [2.75, 3.05) is 0 Å². The van der Waals surface area contributed by atoms with Crippen LogP contribution < -0.4 is 0 Å². The maximum absolute atomic E-state index is 3.60. The van der Waals surface area contributed by atoms with Crippen molar-refractivity contribution in [2.24, 2.45) is 0 Å². The first-order chi connectivity index (χ1) is 2.50. The first kappa shape index (κ1) is 6.00. The van der Waals surface area contributed by atoms with Gasteiger partial charge >= 0.3 is 0 Å². The van der Waals surface area contributed by atoms with Gasteiger partial charge in [0.1, 0.15) is 0 Å². The Bertz CT molecular complexity index is 65.3. The van der Waals surface area contributed by atoms with E-state index in [-0.39, 0.29) is 23.7 Å². The van der Waals surface area contributed by atoms with E-state index in [9.17, 15) is 0 Å². The summed E-state index contributed by atoms with van der Waals surface area (Å²) in [6, 6.07) is 1.83. The fraction of sp³-hybridized carbons (Fsp3) is 0. The van der Waals surface area contributed by atoms with E-state index in [0.717, 1.165) is 0 Å². The molecule has 0 atom stereocenters. The minimum Gasteiger partial charge on any atom is -0.286 e. The van der Waals surface area contributed by atoms with Crippen LogP contribution in [0.1, 0.15) is 0 Å². The van der Waals surface area contributed by atoms with Gasteiger partial charge in [-0.1, -0.05) is 0 Å². The minimum absolute atomic E-state index is 0. The third kappa shape index (κ3) is 1.44. The van der Waals surface area contributed by atoms with Gasteiger partial charge in [0.15, 0.2) is 0 Å². The zero-order valence-electron chi connectivity index (χ0n) is 3.09. The van der Waals surface area contributed by atoms with E-state index in [1.165, 1.54) is 0 Å². The first-order valence-electron chi connectivity index (χ1n) is 1.44. The third-order valence-corrected chi connectivity index (χ3v) is 0.406. The molecule has 0 aromatic carbocycles. The summed E-state index contributed by atoms with van der Waals surface area (Å²) in [5, 5.41) is 6.21. The van der Waals surface area contributed by atoms with Crippen LogP contribution in [0.5, 0.6) is 0 Å². The number of aromatic nitrogens is 2. The van der Waals surface area contributed by atoms with Crippen LogP contribution in [-0.2, 0) is 0 Å². The molecule has 0 aliphatic carbocycles. The van der Waals surface area contributed by atoms with E-state index in [1.807, 2.05) is 6.07 Å². The van der Waals surface area contributed by atoms with Crippen LogP contribution in [0.15, 0.2) is 18.5 Å². The van der Waals surface area contributed by atoms with Crippen LogP contribution in [-0.4, -0.2) is 33.9 Å². The van der Waals surface area contributed by atoms with Crippen LogP contribution in [0.2, 0.25) is 0 Å². The molecule has 0 amide bonds. The average Bonchev–Trinajstić information content (AvgIpc) is 1.76. The third-order valence-electron chi connectivity index (χ3n) is 0.406. The van der Waals surface area contributed by atoms with Crippen LogP contribution in [0.25, 0.3) is 0 Å². The summed E-state index contributed by atoms with van der Waals surface area (Å²) in [7, 11) is 0. The molecule has 0 fully saturated rings. The zero-order valence-corrected chi connectivity index (χ0v) is 5.42. The van der Waals surface area contributed by atoms with E-state index in [1.54, 1.807) is 12.4 Å². The van der Waals surface area contributed by atoms with Gasteiger partial charge in [-0.15, -0.1) is 0 Å². The first-order valence-corrected chi connectivity index (χ1v) is 1.44. The molecular weight excluding hydrogens is 192 g/mol. The maximum Gasteiger partial charge on any atom is 0.0487 e. The Kier molecular flexibility index (Phi) is 3.20. The fourth-order valence-electron chi connectivity index (χ4n) is 0.215. The van der Waals surface area contributed by atoms with Crippen molar-refractivity contribution in [1.82, 2.24) is 10.2 Å². The second-order valence-electron chi connectivity index (χ2n) is 0.766. The molecule has 1 rings (SSSR count). The smallest absolute Gasteiger partial charge is 0.0487 e. The molecule has 2 radical (unpaired) electrons. The van der Waals surface area contributed by atoms with Gasteiger partial charge in [-0.25, -0.2) is 0 Å². The van der Waals surface area contributed by atoms with Crippen LogP contribution >= 0.6 is 0 Å². The minimum atomic E-state index is 0. The second-order valence-corrected chi connectivity index (χ2v) is 0.766. The molecule has 0 unspecified atom stereocenters. The van der Waals surface area contributed by atoms with Crippen molar-refractivity contribution in [3.8, 4) is 0 Å². The van der Waals surface area contributed by atoms with Gasteiger partial charge < -0.3 is 0 Å². The predicted octanol–water partition coefficient (Wildman–Crippen LogP) is 0.0289. The predicted molar refractivity (Wildman–Crippen MR) is 24.3 cm³/mol. The van der Waals surface area contributed by atoms with Crippen LogP contribution in [0, 0.1) is 0 Å². The summed E-state index contributed by atoms with van der Waals surface area (Å²) in [6.45, 7) is 0. The van der Waals surface area contributed by atoms with Gasteiger partial charge in [-0.05, 0) is 6.07 Å². The molecular formula is C3H4N2Te. The van der Waals surface area contributed by atoms with E-state index in [0.29, 0.717) is 0 Å². The van der Waals surface area contributed by atoms with E-state index < -0.39 is 0 Å². The number of nitrogens with one attached hydrogen (secondary N) is 1. The monoisotopic (exact) mass is 198 g/mol. The van der Waals surface area contributed by atoms with Crippen molar-refractivity contribution in [2.45, 2.75) is 0 Å². The van der Waals surface area contributed by atoms with Crippen molar-refractivity contribution in [3.05, 3.63) is 18.5 Å². The topological polar surface area (TPSA) is 28.7 Å². The molecule has 3 heteroatoms. The summed E-state index contributed by atoms with van der Waals surface area (Å²) < 4.78 is 0. The number of nitrogens with zero attached hydrogens (tertiary/aromatic N) is 1. The summed E-state index contributed by atoms with van der Waals surface area (Å²) in [5.41, 5.74) is 0. The summed E-state index contributed by atoms with van der Waals surface area (Å²) >= 11 is 0. The molecule has 1 heterocycles. The van der Waals surface area contributed by atoms with E-state index >= 15 is 0 Å². The SMILES string of the molecule is [Te].c1cn[nH]c1. The Hall–Kier alpha value is -0.000390. The quantitative estimate of drug-likeness (QED) is 0.582. The van der Waals surface area contributed by atoms with Gasteiger partial charge in [0.05, 0.1) is 0 Å². The Morgan fingerprint density at radius 1 is 1.50 bits per heavy atom. The van der Waals surface area contributed by atoms with Gasteiger partial charge in [-0.3, -0.25) is 5.10 Å². The van der Waals surface area contributed by atoms with Crippen molar-refractivity contribution in [1.29, 1.82) is 0 Å². The molecule has 1 N–H and O–H groups in total. The molecule has 0 saturated carbocycles. The Balaban J connectivity index is 0.000000250. The number of hydrogen-bond acceptors (Lipinski definition) is 1. The molecule has 2 nitrogen and oxygen atoms in total. The van der Waals surface area contributed by atoms with Crippen molar-refractivity contribution < 1.29 is 0 Å². The van der Waals surface area contributed by atoms with Gasteiger partial charge in [0.2, 0.25) is 0 Å². The Labute approximate surface area is 52.7 Å². The fourth-order valence-corrected chi connectivity index (χ4v) is 0.215. The zero-order chi connectivity index (χ0) is 3.54. The summed E-state index contributed by atoms with van der Waals surface area (Å²) in [6.07, 6.45) is 3.46. The van der Waals surface area contributed by atoms with Gasteiger partial charge in [0.25, 0.3) is 0 Å². The second kappa shape index (κ2) is 3.20. The summed E-state index contributed by atoms with van der Waals surface area (Å²) in [4.78, 5) is 0. The average molecular weight is 196 g/mol. The normalized spacial score (nSPS) is 6.67. The van der Waals surface area contributed by atoms with Crippen molar-refractivity contribution >= 4 is 23.7 Å². The Morgan fingerprint density at radius 2 is 2.33 bits per heavy atom. The van der Waals surface area contributed by atoms with Crippen LogP contribution in [0.4, 0.5) is 0 Å². The molecule has 6 heavy (non-hydrogen) atoms. The van der Waals surface area contributed by atoms with Gasteiger partial charge in [0, 0.05) is 36.1 Å². The molecule has 1 aromatic heterocycles. The number of rotatable bonds is 0. The largest absolute Gasteiger partial charge is 0.286 e. The summed E-state index contributed by atoms with van der Waals surface area (Å²) in [5.74, 6) is 0. The number of H-pyrrole nitrogens is 1. The number of aromatic amines is 1. The standard InChI is InChI=1S/C3H4N2.Te/c1-2-4-5-3-1;/h1-3H,(H,4,5);. The van der Waals surface area contributed by atoms with E-state index in [4.69, 9.17) is 0 Å². The molecule has 0 spiro atoms. The molecule has 0 aliphatic rings. The van der Waals surface area contributed by atoms with E-state index in [2.05, 4.69) is 10.2 Å². The van der Waals surface area contributed by atoms with Crippen LogP contribution in [0.3, 0.4) is 0 Å². The Morgan fingerprint density at radius 3 is 2.50 bits per heavy atom. The molecule has 32 valence electrons. The molecule has 0 saturated heterocycles. The molecule has 0 aliphatic heterocycles. The number of hydrogen-bond donors (Lipinski definition) is 1. The van der Waals surface area contributed by atoms with Gasteiger partial charge in [-0.2, -0.15) is 5.10 Å². The maximum atomic E-state index is 3.60. The molecule has 1 aromatic rings. The molecule has 0 bridgehead atoms.